The van der Waals surface area contributed by atoms with Gasteiger partial charge in [0.25, 0.3) is 0 Å². The van der Waals surface area contributed by atoms with E-state index < -0.39 is 0 Å². The Balaban J connectivity index is 1.99. The van der Waals surface area contributed by atoms with Gasteiger partial charge in [0.05, 0.1) is 32.5 Å². The van der Waals surface area contributed by atoms with E-state index in [4.69, 9.17) is 14.2 Å². The maximum atomic E-state index is 5.46. The van der Waals surface area contributed by atoms with Gasteiger partial charge in [-0.1, -0.05) is 6.07 Å². The molecule has 0 atom stereocenters. The number of hydrogen-bond donors (Lipinski definition) is 1. The van der Waals surface area contributed by atoms with Gasteiger partial charge in [-0.3, -0.25) is 0 Å². The van der Waals surface area contributed by atoms with Crippen molar-refractivity contribution >= 4 is 11.3 Å². The third-order valence-corrected chi connectivity index (χ3v) is 3.78. The number of rotatable bonds is 8. The molecule has 0 spiro atoms. The van der Waals surface area contributed by atoms with Crippen molar-refractivity contribution < 1.29 is 14.2 Å². The number of hydrogen-bond acceptors (Lipinski definition) is 6. The number of aromatic nitrogens is 1. The average molecular weight is 308 g/mol. The van der Waals surface area contributed by atoms with Crippen LogP contribution in [0.3, 0.4) is 0 Å². The van der Waals surface area contributed by atoms with Crippen molar-refractivity contribution in [2.24, 2.45) is 0 Å². The average Bonchev–Trinajstić information content (AvgIpc) is 3.03. The Labute approximate surface area is 128 Å². The molecule has 0 amide bonds. The van der Waals surface area contributed by atoms with E-state index in [1.165, 1.54) is 0 Å². The van der Waals surface area contributed by atoms with Gasteiger partial charge in [0, 0.05) is 30.5 Å². The normalized spacial score (nSPS) is 10.4. The van der Waals surface area contributed by atoms with E-state index in [-0.39, 0.29) is 0 Å². The largest absolute Gasteiger partial charge is 0.493 e. The Morgan fingerprint density at radius 1 is 1.10 bits per heavy atom. The molecule has 2 aromatic rings. The highest BCUT2D eigenvalue weighted by molar-refractivity contribution is 7.07. The van der Waals surface area contributed by atoms with E-state index in [9.17, 15) is 0 Å². The monoisotopic (exact) mass is 308 g/mol. The summed E-state index contributed by atoms with van der Waals surface area (Å²) < 4.78 is 16.1. The van der Waals surface area contributed by atoms with Crippen molar-refractivity contribution in [1.82, 2.24) is 10.3 Å². The number of ether oxygens (including phenoxy) is 3. The summed E-state index contributed by atoms with van der Waals surface area (Å²) in [6, 6.07) is 3.87. The lowest BCUT2D eigenvalue weighted by Gasteiger charge is -2.16. The van der Waals surface area contributed by atoms with Gasteiger partial charge in [0.1, 0.15) is 0 Å². The summed E-state index contributed by atoms with van der Waals surface area (Å²) in [4.78, 5) is 4.26. The summed E-state index contributed by atoms with van der Waals surface area (Å²) in [5, 5.41) is 5.46. The van der Waals surface area contributed by atoms with Gasteiger partial charge in [-0.25, -0.2) is 4.98 Å². The van der Waals surface area contributed by atoms with E-state index in [1.807, 2.05) is 17.6 Å². The van der Waals surface area contributed by atoms with Crippen molar-refractivity contribution in [3.63, 3.8) is 0 Å². The van der Waals surface area contributed by atoms with Gasteiger partial charge in [-0.05, 0) is 6.07 Å². The van der Waals surface area contributed by atoms with Crippen LogP contribution < -0.4 is 19.5 Å². The molecular weight excluding hydrogens is 288 g/mol. The summed E-state index contributed by atoms with van der Waals surface area (Å²) in [5.41, 5.74) is 4.01. The minimum absolute atomic E-state index is 0.624. The fourth-order valence-electron chi connectivity index (χ4n) is 2.10. The van der Waals surface area contributed by atoms with Crippen LogP contribution in [0.4, 0.5) is 0 Å². The van der Waals surface area contributed by atoms with Crippen molar-refractivity contribution in [2.45, 2.75) is 13.0 Å². The number of thiazole rings is 1. The van der Waals surface area contributed by atoms with Crippen LogP contribution in [0.2, 0.25) is 0 Å². The number of nitrogens with one attached hydrogen (secondary N) is 1. The zero-order valence-corrected chi connectivity index (χ0v) is 13.3. The molecule has 0 aliphatic heterocycles. The molecule has 0 aliphatic carbocycles. The van der Waals surface area contributed by atoms with Crippen LogP contribution in [0.25, 0.3) is 0 Å². The predicted octanol–water partition coefficient (Wildman–Crippen LogP) is 2.50. The van der Waals surface area contributed by atoms with Crippen LogP contribution >= 0.6 is 11.3 Å². The molecular formula is C15H20N2O3S. The maximum Gasteiger partial charge on any atom is 0.203 e. The third kappa shape index (κ3) is 3.86. The molecule has 6 heteroatoms. The number of nitrogens with zero attached hydrogens (tertiary/aromatic N) is 1. The molecule has 21 heavy (non-hydrogen) atoms. The predicted molar refractivity (Wildman–Crippen MR) is 83.6 cm³/mol. The van der Waals surface area contributed by atoms with Gasteiger partial charge in [0.2, 0.25) is 5.75 Å². The third-order valence-electron chi connectivity index (χ3n) is 3.14. The van der Waals surface area contributed by atoms with E-state index in [1.54, 1.807) is 32.7 Å². The minimum atomic E-state index is 0.624. The topological polar surface area (TPSA) is 52.6 Å². The summed E-state index contributed by atoms with van der Waals surface area (Å²) in [6.45, 7) is 1.56. The Kier molecular flexibility index (Phi) is 5.83. The maximum absolute atomic E-state index is 5.46. The van der Waals surface area contributed by atoms with Crippen LogP contribution in [-0.4, -0.2) is 32.9 Å². The zero-order valence-electron chi connectivity index (χ0n) is 12.5. The highest BCUT2D eigenvalue weighted by atomic mass is 32.1. The molecule has 0 aliphatic rings. The number of methoxy groups -OCH3 is 3. The second-order valence-corrected chi connectivity index (χ2v) is 5.12. The molecule has 0 saturated carbocycles. The zero-order chi connectivity index (χ0) is 15.1. The van der Waals surface area contributed by atoms with Gasteiger partial charge in [-0.2, -0.15) is 0 Å². The van der Waals surface area contributed by atoms with Crippen molar-refractivity contribution in [3.8, 4) is 17.2 Å². The van der Waals surface area contributed by atoms with E-state index in [2.05, 4.69) is 15.7 Å². The Bertz CT molecular complexity index is 558. The smallest absolute Gasteiger partial charge is 0.203 e. The van der Waals surface area contributed by atoms with E-state index in [0.717, 1.165) is 24.2 Å². The molecule has 1 heterocycles. The minimum Gasteiger partial charge on any atom is -0.493 e. The molecule has 5 nitrogen and oxygen atoms in total. The fraction of sp³-hybridized carbons (Fsp3) is 0.400. The first-order chi connectivity index (χ1) is 10.3. The van der Waals surface area contributed by atoms with Gasteiger partial charge in [-0.15, -0.1) is 11.3 Å². The molecule has 114 valence electrons. The molecule has 0 radical (unpaired) electrons. The lowest BCUT2D eigenvalue weighted by Crippen LogP contribution is -2.17. The highest BCUT2D eigenvalue weighted by Crippen LogP contribution is 2.39. The van der Waals surface area contributed by atoms with Crippen molar-refractivity contribution in [3.05, 3.63) is 34.3 Å². The van der Waals surface area contributed by atoms with E-state index in [0.29, 0.717) is 23.8 Å². The first-order valence-corrected chi connectivity index (χ1v) is 7.60. The lowest BCUT2D eigenvalue weighted by atomic mass is 10.1. The molecule has 1 aromatic heterocycles. The standard InChI is InChI=1S/C15H20N2O3S/c1-18-13-5-4-11(14(19-2)15(13)20-3)8-16-7-6-12-9-21-10-17-12/h4-5,9-10,16H,6-8H2,1-3H3. The van der Waals surface area contributed by atoms with Gasteiger partial charge < -0.3 is 19.5 Å². The first kappa shape index (κ1) is 15.6. The Morgan fingerprint density at radius 2 is 1.90 bits per heavy atom. The molecule has 0 fully saturated rings. The molecule has 1 aromatic carbocycles. The van der Waals surface area contributed by atoms with Crippen LogP contribution in [0.15, 0.2) is 23.0 Å². The van der Waals surface area contributed by atoms with Crippen LogP contribution in [0, 0.1) is 0 Å². The van der Waals surface area contributed by atoms with Crippen LogP contribution in [0.5, 0.6) is 17.2 Å². The molecule has 0 bridgehead atoms. The summed E-state index contributed by atoms with van der Waals surface area (Å²) >= 11 is 1.62. The van der Waals surface area contributed by atoms with Crippen LogP contribution in [0.1, 0.15) is 11.3 Å². The molecule has 2 rings (SSSR count). The first-order valence-electron chi connectivity index (χ1n) is 6.65. The Morgan fingerprint density at radius 3 is 2.52 bits per heavy atom. The van der Waals surface area contributed by atoms with Crippen molar-refractivity contribution in [2.75, 3.05) is 27.9 Å². The fourth-order valence-corrected chi connectivity index (χ4v) is 2.70. The van der Waals surface area contributed by atoms with Crippen LogP contribution in [-0.2, 0) is 13.0 Å². The molecule has 1 N–H and O–H groups in total. The summed E-state index contributed by atoms with van der Waals surface area (Å²) in [7, 11) is 4.86. The Hall–Kier alpha value is -1.79. The van der Waals surface area contributed by atoms with Crippen molar-refractivity contribution in [1.29, 1.82) is 0 Å². The van der Waals surface area contributed by atoms with Gasteiger partial charge in [0.15, 0.2) is 11.5 Å². The molecule has 0 unspecified atom stereocenters. The second kappa shape index (κ2) is 7.85. The van der Waals surface area contributed by atoms with E-state index >= 15 is 0 Å². The highest BCUT2D eigenvalue weighted by Gasteiger charge is 2.15. The quantitative estimate of drug-likeness (QED) is 0.759. The summed E-state index contributed by atoms with van der Waals surface area (Å²) in [5.74, 6) is 2.00. The SMILES string of the molecule is COc1ccc(CNCCc2cscn2)c(OC)c1OC. The second-order valence-electron chi connectivity index (χ2n) is 4.40. The summed E-state index contributed by atoms with van der Waals surface area (Å²) in [6.07, 6.45) is 0.916. The molecule has 0 saturated heterocycles. The lowest BCUT2D eigenvalue weighted by molar-refractivity contribution is 0.321. The number of benzene rings is 1. The van der Waals surface area contributed by atoms with Gasteiger partial charge >= 0.3 is 0 Å².